The summed E-state index contributed by atoms with van der Waals surface area (Å²) < 4.78 is 0. The third-order valence-corrected chi connectivity index (χ3v) is 5.53. The van der Waals surface area contributed by atoms with Crippen LogP contribution in [0.1, 0.15) is 12.1 Å². The number of carboxylic acids is 1. The number of carboxylic acid groups (broad SMARTS) is 1. The van der Waals surface area contributed by atoms with E-state index in [9.17, 15) is 14.7 Å². The Labute approximate surface area is 149 Å². The Kier molecular flexibility index (Phi) is 3.24. The van der Waals surface area contributed by atoms with E-state index < -0.39 is 5.97 Å². The van der Waals surface area contributed by atoms with Crippen LogP contribution in [0.5, 0.6) is 0 Å². The molecule has 2 unspecified atom stereocenters. The second-order valence-electron chi connectivity index (χ2n) is 6.99. The van der Waals surface area contributed by atoms with Crippen molar-refractivity contribution in [3.63, 3.8) is 0 Å². The largest absolute Gasteiger partial charge is 0.477 e. The smallest absolute Gasteiger partial charge is 0.352 e. The maximum absolute atomic E-state index is 12.3. The summed E-state index contributed by atoms with van der Waals surface area (Å²) >= 11 is 0. The molecule has 5 rings (SSSR count). The van der Waals surface area contributed by atoms with E-state index in [4.69, 9.17) is 0 Å². The number of carbonyl (C=O) groups is 2. The molecule has 0 bridgehead atoms. The number of carbonyl (C=O) groups excluding carboxylic acids is 1. The minimum atomic E-state index is -1.05. The molecular weight excluding hydrogens is 330 g/mol. The molecule has 3 atom stereocenters. The van der Waals surface area contributed by atoms with Gasteiger partial charge < -0.3 is 10.4 Å². The first-order valence-corrected chi connectivity index (χ1v) is 8.70. The zero-order chi connectivity index (χ0) is 17.8. The lowest BCUT2D eigenvalue weighted by molar-refractivity contribution is -0.153. The predicted molar refractivity (Wildman–Crippen MR) is 96.0 cm³/mol. The molecule has 26 heavy (non-hydrogen) atoms. The summed E-state index contributed by atoms with van der Waals surface area (Å²) in [5, 5.41) is 13.9. The number of aromatic nitrogens is 1. The van der Waals surface area contributed by atoms with Gasteiger partial charge >= 0.3 is 5.97 Å². The molecule has 2 N–H and O–H groups in total. The lowest BCUT2D eigenvalue weighted by Gasteiger charge is -2.48. The Morgan fingerprint density at radius 1 is 1.23 bits per heavy atom. The molecule has 2 saturated heterocycles. The first kappa shape index (κ1) is 15.3. The highest BCUT2D eigenvalue weighted by Gasteiger charge is 2.59. The van der Waals surface area contributed by atoms with Gasteiger partial charge in [-0.3, -0.25) is 9.69 Å². The third-order valence-electron chi connectivity index (χ3n) is 5.53. The molecule has 130 valence electrons. The van der Waals surface area contributed by atoms with E-state index in [2.05, 4.69) is 10.3 Å². The third kappa shape index (κ3) is 2.12. The highest BCUT2D eigenvalue weighted by molar-refractivity contribution is 6.01. The molecule has 1 aromatic heterocycles. The molecule has 6 nitrogen and oxygen atoms in total. The fourth-order valence-electron chi connectivity index (χ4n) is 4.33. The number of para-hydroxylation sites is 1. The van der Waals surface area contributed by atoms with Crippen molar-refractivity contribution in [2.75, 3.05) is 6.54 Å². The molecule has 3 aliphatic heterocycles. The van der Waals surface area contributed by atoms with Crippen molar-refractivity contribution in [2.45, 2.75) is 18.5 Å². The van der Waals surface area contributed by atoms with E-state index in [1.54, 1.807) is 6.08 Å². The maximum atomic E-state index is 12.3. The standard InChI is InChI=1S/C20H17N3O3/c24-19-16-17-13(10-21-16)9-12(18(20(25)26)23(17)19)6-8-14-7-5-11-3-1-2-4-15(11)22-14/h1-8,13,16-17,21H,9-10H2,(H,25,26)/b8-6+/t13?,16?,17-/m1/s1. The van der Waals surface area contributed by atoms with Gasteiger partial charge in [0.2, 0.25) is 5.91 Å². The van der Waals surface area contributed by atoms with Crippen molar-refractivity contribution in [1.29, 1.82) is 0 Å². The second kappa shape index (κ2) is 5.51. The first-order chi connectivity index (χ1) is 12.6. The topological polar surface area (TPSA) is 82.5 Å². The minimum absolute atomic E-state index is 0.00968. The van der Waals surface area contributed by atoms with Gasteiger partial charge in [-0.2, -0.15) is 0 Å². The maximum Gasteiger partial charge on any atom is 0.352 e. The van der Waals surface area contributed by atoms with Crippen LogP contribution in [0, 0.1) is 5.92 Å². The summed E-state index contributed by atoms with van der Waals surface area (Å²) in [6.45, 7) is 0.746. The van der Waals surface area contributed by atoms with E-state index in [1.165, 1.54) is 4.90 Å². The summed E-state index contributed by atoms with van der Waals surface area (Å²) in [7, 11) is 0. The van der Waals surface area contributed by atoms with Crippen molar-refractivity contribution in [3.8, 4) is 0 Å². The fourth-order valence-corrected chi connectivity index (χ4v) is 4.33. The van der Waals surface area contributed by atoms with Crippen molar-refractivity contribution < 1.29 is 14.7 Å². The number of fused-ring (bicyclic) bond motifs is 1. The summed E-state index contributed by atoms with van der Waals surface area (Å²) in [6, 6.07) is 11.5. The van der Waals surface area contributed by atoms with Crippen LogP contribution in [0.15, 0.2) is 53.7 Å². The average molecular weight is 347 g/mol. The van der Waals surface area contributed by atoms with Gasteiger partial charge in [-0.05, 0) is 36.1 Å². The summed E-state index contributed by atoms with van der Waals surface area (Å²) in [5.74, 6) is -0.914. The number of nitrogens with zero attached hydrogens (tertiary/aromatic N) is 2. The molecule has 0 radical (unpaired) electrons. The summed E-state index contributed by atoms with van der Waals surface area (Å²) in [4.78, 5) is 30.1. The molecule has 2 fully saturated rings. The number of allylic oxidation sites excluding steroid dienone is 2. The molecule has 1 aromatic carbocycles. The van der Waals surface area contributed by atoms with Gasteiger partial charge in [0.25, 0.3) is 0 Å². The van der Waals surface area contributed by atoms with Gasteiger partial charge in [-0.15, -0.1) is 0 Å². The van der Waals surface area contributed by atoms with Gasteiger partial charge in [-0.25, -0.2) is 9.78 Å². The number of nitrogens with one attached hydrogen (secondary N) is 1. The highest BCUT2D eigenvalue weighted by Crippen LogP contribution is 2.43. The molecule has 6 heteroatoms. The SMILES string of the molecule is O=C(O)C1=C(/C=C/c2ccc3ccccc3n2)CC2CNC3C(=O)N1[C@H]23. The number of hydrogen-bond acceptors (Lipinski definition) is 4. The Bertz CT molecular complexity index is 1010. The van der Waals surface area contributed by atoms with E-state index in [1.807, 2.05) is 42.5 Å². The number of β-lactam (4-membered cyclic amide) rings is 1. The molecular formula is C20H17N3O3. The van der Waals surface area contributed by atoms with Crippen LogP contribution >= 0.6 is 0 Å². The zero-order valence-electron chi connectivity index (χ0n) is 13.9. The van der Waals surface area contributed by atoms with Gasteiger partial charge in [0.1, 0.15) is 11.7 Å². The first-order valence-electron chi connectivity index (χ1n) is 8.70. The second-order valence-corrected chi connectivity index (χ2v) is 6.99. The van der Waals surface area contributed by atoms with Crippen molar-refractivity contribution in [2.24, 2.45) is 5.92 Å². The highest BCUT2D eigenvalue weighted by atomic mass is 16.4. The van der Waals surface area contributed by atoms with E-state index in [-0.39, 0.29) is 29.6 Å². The lowest BCUT2D eigenvalue weighted by atomic mass is 9.79. The Hall–Kier alpha value is -2.99. The normalized spacial score (nSPS) is 27.2. The van der Waals surface area contributed by atoms with Gasteiger partial charge in [0.05, 0.1) is 17.3 Å². The van der Waals surface area contributed by atoms with Crippen LogP contribution in [0.2, 0.25) is 0 Å². The van der Waals surface area contributed by atoms with Crippen LogP contribution < -0.4 is 5.32 Å². The minimum Gasteiger partial charge on any atom is -0.477 e. The number of aliphatic carboxylic acids is 1. The number of hydrogen-bond donors (Lipinski definition) is 2. The van der Waals surface area contributed by atoms with Crippen LogP contribution in [0.4, 0.5) is 0 Å². The van der Waals surface area contributed by atoms with Gasteiger partial charge in [0, 0.05) is 11.9 Å². The van der Waals surface area contributed by atoms with Crippen LogP contribution in [-0.4, -0.2) is 45.5 Å². The predicted octanol–water partition coefficient (Wildman–Crippen LogP) is 1.79. The quantitative estimate of drug-likeness (QED) is 0.827. The lowest BCUT2D eigenvalue weighted by Crippen LogP contribution is -2.68. The molecule has 3 aliphatic rings. The molecule has 0 aliphatic carbocycles. The van der Waals surface area contributed by atoms with Crippen LogP contribution in [0.3, 0.4) is 0 Å². The zero-order valence-corrected chi connectivity index (χ0v) is 13.9. The molecule has 2 aromatic rings. The Morgan fingerprint density at radius 2 is 2.08 bits per heavy atom. The number of benzene rings is 1. The van der Waals surface area contributed by atoms with E-state index in [0.29, 0.717) is 12.0 Å². The number of amides is 1. The number of rotatable bonds is 3. The fraction of sp³-hybridized carbons (Fsp3) is 0.250. The van der Waals surface area contributed by atoms with Gasteiger partial charge in [-0.1, -0.05) is 30.3 Å². The molecule has 4 heterocycles. The summed E-state index contributed by atoms with van der Waals surface area (Å²) in [5.41, 5.74) is 2.46. The molecule has 0 saturated carbocycles. The Balaban J connectivity index is 1.52. The van der Waals surface area contributed by atoms with Crippen molar-refractivity contribution in [1.82, 2.24) is 15.2 Å². The average Bonchev–Trinajstić information content (AvgIpc) is 3.05. The van der Waals surface area contributed by atoms with Crippen molar-refractivity contribution >= 4 is 28.9 Å². The molecule has 0 spiro atoms. The monoisotopic (exact) mass is 347 g/mol. The summed E-state index contributed by atoms with van der Waals surface area (Å²) in [6.07, 6.45) is 4.29. The van der Waals surface area contributed by atoms with Crippen LogP contribution in [-0.2, 0) is 9.59 Å². The molecule has 1 amide bonds. The van der Waals surface area contributed by atoms with Gasteiger partial charge in [0.15, 0.2) is 0 Å². The Morgan fingerprint density at radius 3 is 2.92 bits per heavy atom. The van der Waals surface area contributed by atoms with E-state index in [0.717, 1.165) is 23.1 Å². The van der Waals surface area contributed by atoms with Crippen LogP contribution in [0.25, 0.3) is 17.0 Å². The van der Waals surface area contributed by atoms with Crippen molar-refractivity contribution in [3.05, 3.63) is 59.4 Å². The number of pyridine rings is 1. The van der Waals surface area contributed by atoms with E-state index >= 15 is 0 Å².